The van der Waals surface area contributed by atoms with E-state index in [2.05, 4.69) is 16.4 Å². The Balaban J connectivity index is 2.07. The Morgan fingerprint density at radius 3 is 2.43 bits per heavy atom. The summed E-state index contributed by atoms with van der Waals surface area (Å²) in [5.41, 5.74) is 5.08. The van der Waals surface area contributed by atoms with Gasteiger partial charge in [-0.25, -0.2) is 4.68 Å². The van der Waals surface area contributed by atoms with Crippen molar-refractivity contribution in [3.8, 4) is 22.4 Å². The SMILES string of the molecule is Cc1ccc(-c2c(C(CC(C)(C)C)C(=O)O)n(C)c(=O)c3cc(-c4cn(CCO)nn4)ccc23)c(C)c1. The lowest BCUT2D eigenvalue weighted by Crippen LogP contribution is -2.29. The van der Waals surface area contributed by atoms with Crippen LogP contribution in [0, 0.1) is 19.3 Å². The largest absolute Gasteiger partial charge is 0.481 e. The molecule has 0 bridgehead atoms. The molecule has 0 fully saturated rings. The highest BCUT2D eigenvalue weighted by Gasteiger charge is 2.32. The number of carboxylic acids is 1. The van der Waals surface area contributed by atoms with Crippen LogP contribution in [0.4, 0.5) is 0 Å². The highest BCUT2D eigenvalue weighted by molar-refractivity contribution is 6.01. The van der Waals surface area contributed by atoms with E-state index >= 15 is 0 Å². The normalized spacial score (nSPS) is 12.7. The van der Waals surface area contributed by atoms with E-state index in [-0.39, 0.29) is 17.6 Å². The van der Waals surface area contributed by atoms with Crippen LogP contribution in [0.25, 0.3) is 33.2 Å². The minimum absolute atomic E-state index is 0.0532. The molecular formula is C29H34N4O4. The topological polar surface area (TPSA) is 110 Å². The standard InChI is InChI=1S/C29H34N4O4/c1-17-7-9-20(18(2)13-17)25-21-10-8-19(24-16-33(11-12-34)31-30-24)14-22(21)27(35)32(6)26(25)23(28(36)37)15-29(3,4)5/h7-10,13-14,16,23,34H,11-12,15H2,1-6H3,(H,36,37). The van der Waals surface area contributed by atoms with Gasteiger partial charge in [0.15, 0.2) is 0 Å². The number of hydrogen-bond donors (Lipinski definition) is 2. The van der Waals surface area contributed by atoms with Crippen molar-refractivity contribution < 1.29 is 15.0 Å². The second kappa shape index (κ2) is 9.94. The molecule has 1 atom stereocenters. The van der Waals surface area contributed by atoms with Gasteiger partial charge in [0.2, 0.25) is 0 Å². The van der Waals surface area contributed by atoms with E-state index < -0.39 is 11.9 Å². The van der Waals surface area contributed by atoms with Crippen molar-refractivity contribution in [3.05, 3.63) is 69.8 Å². The maximum absolute atomic E-state index is 13.8. The smallest absolute Gasteiger partial charge is 0.312 e. The fourth-order valence-electron chi connectivity index (χ4n) is 5.04. The Morgan fingerprint density at radius 2 is 1.81 bits per heavy atom. The van der Waals surface area contributed by atoms with Gasteiger partial charge in [-0.3, -0.25) is 9.59 Å². The third kappa shape index (κ3) is 5.20. The van der Waals surface area contributed by atoms with Crippen molar-refractivity contribution in [1.82, 2.24) is 19.6 Å². The summed E-state index contributed by atoms with van der Waals surface area (Å²) in [5, 5.41) is 29.0. The lowest BCUT2D eigenvalue weighted by Gasteiger charge is -2.28. The first-order valence-electron chi connectivity index (χ1n) is 12.4. The lowest BCUT2D eigenvalue weighted by molar-refractivity contribution is -0.139. The van der Waals surface area contributed by atoms with E-state index in [1.165, 1.54) is 4.57 Å². The number of aromatic nitrogens is 4. The van der Waals surface area contributed by atoms with E-state index in [0.29, 0.717) is 35.1 Å². The fraction of sp³-hybridized carbons (Fsp3) is 0.379. The summed E-state index contributed by atoms with van der Waals surface area (Å²) >= 11 is 0. The average molecular weight is 503 g/mol. The van der Waals surface area contributed by atoms with Crippen molar-refractivity contribution in [3.63, 3.8) is 0 Å². The van der Waals surface area contributed by atoms with Crippen LogP contribution in [-0.4, -0.2) is 42.4 Å². The quantitative estimate of drug-likeness (QED) is 0.380. The van der Waals surface area contributed by atoms with Gasteiger partial charge in [0.05, 0.1) is 25.3 Å². The van der Waals surface area contributed by atoms with Crippen LogP contribution >= 0.6 is 0 Å². The zero-order valence-electron chi connectivity index (χ0n) is 22.2. The maximum atomic E-state index is 13.8. The number of nitrogens with zero attached hydrogens (tertiary/aromatic N) is 4. The second-order valence-electron chi connectivity index (χ2n) is 10.9. The van der Waals surface area contributed by atoms with Gasteiger partial charge in [0.1, 0.15) is 5.69 Å². The summed E-state index contributed by atoms with van der Waals surface area (Å²) in [5.74, 6) is -1.82. The first-order valence-corrected chi connectivity index (χ1v) is 12.4. The molecule has 0 aliphatic rings. The molecule has 0 saturated carbocycles. The predicted molar refractivity (Wildman–Crippen MR) is 145 cm³/mol. The summed E-state index contributed by atoms with van der Waals surface area (Å²) < 4.78 is 3.06. The van der Waals surface area contributed by atoms with Crippen molar-refractivity contribution in [2.45, 2.75) is 53.5 Å². The number of carboxylic acid groups (broad SMARTS) is 1. The Labute approximate surface area is 216 Å². The first-order chi connectivity index (χ1) is 17.4. The van der Waals surface area contributed by atoms with Crippen LogP contribution < -0.4 is 5.56 Å². The van der Waals surface area contributed by atoms with Gasteiger partial charge in [0.25, 0.3) is 5.56 Å². The number of aliphatic carboxylic acids is 1. The summed E-state index contributed by atoms with van der Waals surface area (Å²) in [6.07, 6.45) is 2.11. The molecule has 1 unspecified atom stereocenters. The van der Waals surface area contributed by atoms with Crippen molar-refractivity contribution >= 4 is 16.7 Å². The molecule has 0 saturated heterocycles. The van der Waals surface area contributed by atoms with E-state index in [1.807, 2.05) is 58.9 Å². The number of fused-ring (bicyclic) bond motifs is 1. The summed E-state index contributed by atoms with van der Waals surface area (Å²) in [6, 6.07) is 11.6. The fourth-order valence-corrected chi connectivity index (χ4v) is 5.04. The van der Waals surface area contributed by atoms with Crippen LogP contribution in [0.3, 0.4) is 0 Å². The number of rotatable bonds is 7. The number of hydrogen-bond acceptors (Lipinski definition) is 5. The summed E-state index contributed by atoms with van der Waals surface area (Å²) in [4.78, 5) is 26.4. The number of aliphatic hydroxyl groups excluding tert-OH is 1. The molecule has 2 heterocycles. The number of benzene rings is 2. The van der Waals surface area contributed by atoms with E-state index in [4.69, 9.17) is 0 Å². The zero-order chi connectivity index (χ0) is 27.1. The van der Waals surface area contributed by atoms with E-state index in [1.54, 1.807) is 24.0 Å². The molecule has 37 heavy (non-hydrogen) atoms. The van der Waals surface area contributed by atoms with Crippen LogP contribution in [0.15, 0.2) is 47.4 Å². The Morgan fingerprint density at radius 1 is 1.08 bits per heavy atom. The Bertz CT molecular complexity index is 1540. The summed E-state index contributed by atoms with van der Waals surface area (Å²) in [6.45, 7) is 10.3. The minimum Gasteiger partial charge on any atom is -0.481 e. The molecule has 2 aromatic carbocycles. The van der Waals surface area contributed by atoms with Crippen molar-refractivity contribution in [1.29, 1.82) is 0 Å². The molecule has 2 N–H and O–H groups in total. The number of carbonyl (C=O) groups is 1. The zero-order valence-corrected chi connectivity index (χ0v) is 22.2. The highest BCUT2D eigenvalue weighted by Crippen LogP contribution is 2.41. The van der Waals surface area contributed by atoms with Gasteiger partial charge >= 0.3 is 5.97 Å². The van der Waals surface area contributed by atoms with Gasteiger partial charge < -0.3 is 14.8 Å². The highest BCUT2D eigenvalue weighted by atomic mass is 16.4. The number of aliphatic hydroxyl groups is 1. The van der Waals surface area contributed by atoms with Gasteiger partial charge in [-0.1, -0.05) is 61.9 Å². The molecule has 4 aromatic rings. The van der Waals surface area contributed by atoms with Gasteiger partial charge in [-0.2, -0.15) is 0 Å². The minimum atomic E-state index is -0.951. The van der Waals surface area contributed by atoms with Crippen molar-refractivity contribution in [2.24, 2.45) is 12.5 Å². The molecule has 0 aliphatic heterocycles. The van der Waals surface area contributed by atoms with E-state index in [9.17, 15) is 19.8 Å². The Hall–Kier alpha value is -3.78. The molecule has 194 valence electrons. The predicted octanol–water partition coefficient (Wildman–Crippen LogP) is 4.68. The van der Waals surface area contributed by atoms with Gasteiger partial charge in [0, 0.05) is 29.3 Å². The molecule has 4 rings (SSSR count). The monoisotopic (exact) mass is 502 g/mol. The average Bonchev–Trinajstić information content (AvgIpc) is 3.28. The number of aryl methyl sites for hydroxylation is 2. The first kappa shape index (κ1) is 26.3. The van der Waals surface area contributed by atoms with Crippen LogP contribution in [0.2, 0.25) is 0 Å². The van der Waals surface area contributed by atoms with Crippen molar-refractivity contribution in [2.75, 3.05) is 6.61 Å². The van der Waals surface area contributed by atoms with Crippen LogP contribution in [0.5, 0.6) is 0 Å². The molecule has 0 amide bonds. The molecule has 0 radical (unpaired) electrons. The summed E-state index contributed by atoms with van der Waals surface area (Å²) in [7, 11) is 1.66. The second-order valence-corrected chi connectivity index (χ2v) is 10.9. The van der Waals surface area contributed by atoms with Crippen LogP contribution in [-0.2, 0) is 18.4 Å². The molecule has 0 spiro atoms. The third-order valence-electron chi connectivity index (χ3n) is 6.70. The lowest BCUT2D eigenvalue weighted by atomic mass is 9.79. The maximum Gasteiger partial charge on any atom is 0.312 e. The van der Waals surface area contributed by atoms with Gasteiger partial charge in [-0.05, 0) is 48.3 Å². The molecule has 0 aliphatic carbocycles. The molecule has 8 heteroatoms. The molecule has 8 nitrogen and oxygen atoms in total. The number of pyridine rings is 1. The van der Waals surface area contributed by atoms with Gasteiger partial charge in [-0.15, -0.1) is 5.10 Å². The molecule has 2 aromatic heterocycles. The van der Waals surface area contributed by atoms with E-state index in [0.717, 1.165) is 27.8 Å². The third-order valence-corrected chi connectivity index (χ3v) is 6.70. The molecular weight excluding hydrogens is 468 g/mol. The van der Waals surface area contributed by atoms with Crippen LogP contribution in [0.1, 0.15) is 49.9 Å². The Kier molecular flexibility index (Phi) is 7.06.